The summed E-state index contributed by atoms with van der Waals surface area (Å²) in [5.41, 5.74) is 7.77. The average molecular weight is 870 g/mol. The molecule has 0 aliphatic carbocycles. The minimum atomic E-state index is 0.0821. The Bertz CT molecular complexity index is 2330. The summed E-state index contributed by atoms with van der Waals surface area (Å²) in [6, 6.07) is 37.2. The fraction of sp³-hybridized carbons (Fsp3) is 0.280. The Hall–Kier alpha value is -5.78. The average Bonchev–Trinajstić information content (AvgIpc) is 3.33. The molecule has 4 heterocycles. The molecule has 2 N–H and O–H groups in total. The summed E-state index contributed by atoms with van der Waals surface area (Å²) < 4.78 is 11.6. The van der Waals surface area contributed by atoms with Gasteiger partial charge in [-0.3, -0.25) is 14.6 Å². The third-order valence-electron chi connectivity index (χ3n) is 11.9. The van der Waals surface area contributed by atoms with Crippen LogP contribution in [0.4, 0.5) is 0 Å². The van der Waals surface area contributed by atoms with Gasteiger partial charge in [-0.2, -0.15) is 0 Å². The fourth-order valence-electron chi connectivity index (χ4n) is 8.37. The molecule has 2 saturated heterocycles. The van der Waals surface area contributed by atoms with Crippen LogP contribution < -0.4 is 20.1 Å². The number of hydrogen-bond acceptors (Lipinski definition) is 8. The molecule has 12 heteroatoms. The highest BCUT2D eigenvalue weighted by Gasteiger charge is 2.26. The topological polar surface area (TPSA) is 109 Å². The molecule has 2 aliphatic rings. The van der Waals surface area contributed by atoms with E-state index in [0.29, 0.717) is 66.6 Å². The normalized spacial score (nSPS) is 14.8. The highest BCUT2D eigenvalue weighted by molar-refractivity contribution is 6.39. The van der Waals surface area contributed by atoms with E-state index in [1.165, 1.54) is 0 Å². The van der Waals surface area contributed by atoms with Crippen LogP contribution in [0.25, 0.3) is 33.6 Å². The molecule has 2 fully saturated rings. The predicted molar refractivity (Wildman–Crippen MR) is 246 cm³/mol. The number of ether oxygens (including phenoxy) is 2. The molecule has 0 spiro atoms. The van der Waals surface area contributed by atoms with E-state index in [4.69, 9.17) is 37.7 Å². The van der Waals surface area contributed by atoms with Crippen LogP contribution in [0.1, 0.15) is 57.5 Å². The first-order chi connectivity index (χ1) is 30.3. The number of nitrogens with one attached hydrogen (secondary N) is 2. The summed E-state index contributed by atoms with van der Waals surface area (Å²) in [5.74, 6) is 1.42. The van der Waals surface area contributed by atoms with Crippen molar-refractivity contribution in [3.63, 3.8) is 0 Å². The number of carbonyl (C=O) groups is 2. The maximum Gasteiger partial charge on any atom is 0.253 e. The lowest BCUT2D eigenvalue weighted by atomic mass is 9.99. The Morgan fingerprint density at radius 1 is 0.629 bits per heavy atom. The second kappa shape index (κ2) is 19.9. The van der Waals surface area contributed by atoms with Crippen LogP contribution in [-0.4, -0.2) is 84.1 Å². The van der Waals surface area contributed by atoms with Gasteiger partial charge in [-0.1, -0.05) is 96.0 Å². The molecular formula is C50H50Cl2N6O4. The number of halogens is 2. The van der Waals surface area contributed by atoms with E-state index >= 15 is 0 Å². The maximum atomic E-state index is 12.9. The van der Waals surface area contributed by atoms with Crippen LogP contribution in [0.3, 0.4) is 0 Å². The number of aromatic nitrogens is 2. The third kappa shape index (κ3) is 9.64. The van der Waals surface area contributed by atoms with Gasteiger partial charge in [0.25, 0.3) is 11.8 Å². The lowest BCUT2D eigenvalue weighted by molar-refractivity contribution is 0.0697. The van der Waals surface area contributed by atoms with Crippen molar-refractivity contribution in [1.29, 1.82) is 0 Å². The number of pyridine rings is 2. The molecule has 0 saturated carbocycles. The molecule has 318 valence electrons. The van der Waals surface area contributed by atoms with E-state index in [2.05, 4.69) is 15.6 Å². The van der Waals surface area contributed by atoms with Gasteiger partial charge in [-0.25, -0.2) is 4.98 Å². The van der Waals surface area contributed by atoms with Crippen molar-refractivity contribution >= 4 is 35.0 Å². The van der Waals surface area contributed by atoms with Crippen LogP contribution in [0.2, 0.25) is 10.0 Å². The highest BCUT2D eigenvalue weighted by Crippen LogP contribution is 2.42. The van der Waals surface area contributed by atoms with Gasteiger partial charge in [-0.15, -0.1) is 0 Å². The minimum absolute atomic E-state index is 0.0821. The summed E-state index contributed by atoms with van der Waals surface area (Å²) in [6.07, 6.45) is 5.23. The Morgan fingerprint density at radius 2 is 1.18 bits per heavy atom. The zero-order valence-corrected chi connectivity index (χ0v) is 36.5. The van der Waals surface area contributed by atoms with Gasteiger partial charge in [0.1, 0.15) is 5.75 Å². The fourth-order valence-corrected chi connectivity index (χ4v) is 9.02. The van der Waals surface area contributed by atoms with Gasteiger partial charge in [-0.05, 0) is 68.1 Å². The summed E-state index contributed by atoms with van der Waals surface area (Å²) in [7, 11) is 3.29. The molecule has 4 aromatic carbocycles. The van der Waals surface area contributed by atoms with Gasteiger partial charge in [0, 0.05) is 102 Å². The van der Waals surface area contributed by atoms with Crippen LogP contribution in [0.5, 0.6) is 11.6 Å². The molecule has 62 heavy (non-hydrogen) atoms. The van der Waals surface area contributed by atoms with Crippen molar-refractivity contribution in [3.8, 4) is 45.3 Å². The molecule has 0 atom stereocenters. The van der Waals surface area contributed by atoms with Crippen molar-refractivity contribution in [2.75, 3.05) is 40.4 Å². The van der Waals surface area contributed by atoms with E-state index in [-0.39, 0.29) is 23.9 Å². The van der Waals surface area contributed by atoms with Crippen LogP contribution in [0, 0.1) is 0 Å². The van der Waals surface area contributed by atoms with Crippen LogP contribution in [-0.2, 0) is 13.1 Å². The number of nitrogens with zero attached hydrogens (tertiary/aromatic N) is 4. The van der Waals surface area contributed by atoms with Crippen molar-refractivity contribution in [3.05, 3.63) is 154 Å². The molecule has 10 nitrogen and oxygen atoms in total. The van der Waals surface area contributed by atoms with E-state index in [1.807, 2.05) is 125 Å². The predicted octanol–water partition coefficient (Wildman–Crippen LogP) is 9.59. The van der Waals surface area contributed by atoms with E-state index in [1.54, 1.807) is 20.4 Å². The number of benzene rings is 4. The Labute approximate surface area is 373 Å². The minimum Gasteiger partial charge on any atom is -0.496 e. The van der Waals surface area contributed by atoms with Crippen molar-refractivity contribution in [1.82, 2.24) is 30.4 Å². The van der Waals surface area contributed by atoms with Crippen LogP contribution in [0.15, 0.2) is 121 Å². The molecule has 2 amide bonds. The van der Waals surface area contributed by atoms with Crippen molar-refractivity contribution in [2.24, 2.45) is 0 Å². The number of likely N-dealkylation sites (tertiary alicyclic amines) is 2. The quantitative estimate of drug-likeness (QED) is 0.118. The number of amides is 2. The molecule has 0 bridgehead atoms. The summed E-state index contributed by atoms with van der Waals surface area (Å²) in [6.45, 7) is 4.05. The largest absolute Gasteiger partial charge is 0.496 e. The number of methoxy groups -OCH3 is 2. The Kier molecular flexibility index (Phi) is 13.8. The summed E-state index contributed by atoms with van der Waals surface area (Å²) in [4.78, 5) is 39.3. The van der Waals surface area contributed by atoms with Crippen molar-refractivity contribution in [2.45, 2.75) is 50.9 Å². The molecular weight excluding hydrogens is 819 g/mol. The smallest absolute Gasteiger partial charge is 0.253 e. The van der Waals surface area contributed by atoms with E-state index in [0.717, 1.165) is 75.9 Å². The lowest BCUT2D eigenvalue weighted by Gasteiger charge is -2.32. The van der Waals surface area contributed by atoms with E-state index < -0.39 is 0 Å². The summed E-state index contributed by atoms with van der Waals surface area (Å²) in [5, 5.41) is 8.31. The second-order valence-corrected chi connectivity index (χ2v) is 16.5. The molecule has 8 rings (SSSR count). The maximum absolute atomic E-state index is 12.9. The highest BCUT2D eigenvalue weighted by atomic mass is 35.5. The number of hydrogen-bond donors (Lipinski definition) is 2. The standard InChI is InChI=1S/C50H50Cl2N6O4/c1-61-44-30-35(16-17-36(44)31-54-38-21-26-57(27-22-38)49(59)33-10-5-3-6-11-33)47-46(52)41(20-25-53-47)40-14-9-15-42(45(40)51)43-19-18-37(48(56-43)62-2)32-55-39-23-28-58(29-24-39)50(60)34-12-7-4-8-13-34/h3-20,25,30,38-39,54-55H,21-24,26-29,31-32H2,1-2H3. The number of piperidine rings is 2. The van der Waals surface area contributed by atoms with Crippen molar-refractivity contribution < 1.29 is 19.1 Å². The van der Waals surface area contributed by atoms with E-state index in [9.17, 15) is 9.59 Å². The summed E-state index contributed by atoms with van der Waals surface area (Å²) >= 11 is 14.4. The first-order valence-corrected chi connectivity index (χ1v) is 21.9. The third-order valence-corrected chi connectivity index (χ3v) is 12.7. The van der Waals surface area contributed by atoms with Gasteiger partial charge in [0.15, 0.2) is 0 Å². The van der Waals surface area contributed by atoms with Crippen LogP contribution >= 0.6 is 23.2 Å². The monoisotopic (exact) mass is 868 g/mol. The SMILES string of the molecule is COc1cc(-c2nccc(-c3cccc(-c4ccc(CNC5CCN(C(=O)c6ccccc6)CC5)c(OC)n4)c3Cl)c2Cl)ccc1CNC1CCN(C(=O)c2ccccc2)CC1. The molecule has 0 unspecified atom stereocenters. The molecule has 2 aromatic heterocycles. The van der Waals surface area contributed by atoms with Gasteiger partial charge < -0.3 is 29.9 Å². The molecule has 0 radical (unpaired) electrons. The van der Waals surface area contributed by atoms with Gasteiger partial charge in [0.2, 0.25) is 5.88 Å². The number of rotatable bonds is 13. The zero-order chi connectivity index (χ0) is 43.0. The second-order valence-electron chi connectivity index (χ2n) is 15.7. The molecule has 6 aromatic rings. The zero-order valence-electron chi connectivity index (χ0n) is 35.0. The van der Waals surface area contributed by atoms with Gasteiger partial charge >= 0.3 is 0 Å². The molecule has 2 aliphatic heterocycles. The number of carbonyl (C=O) groups excluding carboxylic acids is 2. The van der Waals surface area contributed by atoms with Gasteiger partial charge in [0.05, 0.1) is 35.7 Å². The lowest BCUT2D eigenvalue weighted by Crippen LogP contribution is -2.44. The first kappa shape index (κ1) is 42.9. The Balaban J connectivity index is 0.912. The first-order valence-electron chi connectivity index (χ1n) is 21.1. The Morgan fingerprint density at radius 3 is 1.76 bits per heavy atom.